The molecule has 0 fully saturated rings. The summed E-state index contributed by atoms with van der Waals surface area (Å²) in [6, 6.07) is 4.68. The Morgan fingerprint density at radius 1 is 1.33 bits per heavy atom. The van der Waals surface area contributed by atoms with E-state index >= 15 is 0 Å². The van der Waals surface area contributed by atoms with Gasteiger partial charge in [0.25, 0.3) is 0 Å². The highest BCUT2D eigenvalue weighted by atomic mass is 32.2. The van der Waals surface area contributed by atoms with Gasteiger partial charge in [0.1, 0.15) is 0 Å². The quantitative estimate of drug-likeness (QED) is 0.874. The number of hydrogen-bond acceptors (Lipinski definition) is 3. The second-order valence-corrected chi connectivity index (χ2v) is 8.03. The van der Waals surface area contributed by atoms with E-state index in [0.717, 1.165) is 5.56 Å². The average Bonchev–Trinajstić information content (AvgIpc) is 2.25. The number of sulfonamides is 1. The van der Waals surface area contributed by atoms with Gasteiger partial charge in [-0.05, 0) is 36.5 Å². The van der Waals surface area contributed by atoms with E-state index in [1.807, 2.05) is 26.8 Å². The standard InChI is InChI=1S/C15H23NO4S/c1-10-6-7-12(15(3,4)5)9-13(10)21(19,20)16-11(2)8-14(17)18/h6-7,9,11,16H,8H2,1-5H3,(H,17,18). The maximum absolute atomic E-state index is 12.4. The third-order valence-corrected chi connectivity index (χ3v) is 4.91. The van der Waals surface area contributed by atoms with Crippen molar-refractivity contribution in [3.63, 3.8) is 0 Å². The van der Waals surface area contributed by atoms with Crippen molar-refractivity contribution < 1.29 is 18.3 Å². The molecule has 0 aliphatic rings. The number of rotatable bonds is 5. The van der Waals surface area contributed by atoms with Crippen LogP contribution in [0.4, 0.5) is 0 Å². The third-order valence-electron chi connectivity index (χ3n) is 3.18. The van der Waals surface area contributed by atoms with Crippen LogP contribution in [-0.4, -0.2) is 25.5 Å². The Kier molecular flexibility index (Phi) is 5.17. The number of hydrogen-bond donors (Lipinski definition) is 2. The van der Waals surface area contributed by atoms with Crippen LogP contribution in [0.1, 0.15) is 45.2 Å². The summed E-state index contributed by atoms with van der Waals surface area (Å²) in [6.45, 7) is 9.29. The molecule has 6 heteroatoms. The summed E-state index contributed by atoms with van der Waals surface area (Å²) in [7, 11) is -3.73. The summed E-state index contributed by atoms with van der Waals surface area (Å²) < 4.78 is 27.3. The highest BCUT2D eigenvalue weighted by Crippen LogP contribution is 2.26. The van der Waals surface area contributed by atoms with E-state index in [9.17, 15) is 13.2 Å². The Labute approximate surface area is 126 Å². The number of carboxylic acid groups (broad SMARTS) is 1. The van der Waals surface area contributed by atoms with Gasteiger partial charge in [0.2, 0.25) is 10.0 Å². The van der Waals surface area contributed by atoms with Crippen LogP contribution in [0.25, 0.3) is 0 Å². The van der Waals surface area contributed by atoms with Crippen molar-refractivity contribution >= 4 is 16.0 Å². The van der Waals surface area contributed by atoms with E-state index < -0.39 is 22.0 Å². The molecule has 2 N–H and O–H groups in total. The fraction of sp³-hybridized carbons (Fsp3) is 0.533. The highest BCUT2D eigenvalue weighted by Gasteiger charge is 2.23. The van der Waals surface area contributed by atoms with Crippen LogP contribution < -0.4 is 4.72 Å². The lowest BCUT2D eigenvalue weighted by Crippen LogP contribution is -2.34. The van der Waals surface area contributed by atoms with Gasteiger partial charge >= 0.3 is 5.97 Å². The minimum absolute atomic E-state index is 0.162. The fourth-order valence-corrected chi connectivity index (χ4v) is 3.50. The normalized spacial score (nSPS) is 14.0. The van der Waals surface area contributed by atoms with Crippen LogP contribution in [-0.2, 0) is 20.2 Å². The number of aliphatic carboxylic acids is 1. The Bertz CT molecular complexity index is 630. The van der Waals surface area contributed by atoms with Crippen LogP contribution in [0.15, 0.2) is 23.1 Å². The summed E-state index contributed by atoms with van der Waals surface area (Å²) in [6.07, 6.45) is -0.253. The highest BCUT2D eigenvalue weighted by molar-refractivity contribution is 7.89. The largest absolute Gasteiger partial charge is 0.481 e. The van der Waals surface area contributed by atoms with E-state index in [0.29, 0.717) is 5.56 Å². The first-order valence-electron chi connectivity index (χ1n) is 6.79. The molecule has 5 nitrogen and oxygen atoms in total. The van der Waals surface area contributed by atoms with Gasteiger partial charge in [-0.15, -0.1) is 0 Å². The topological polar surface area (TPSA) is 83.5 Å². The summed E-state index contributed by atoms with van der Waals surface area (Å²) >= 11 is 0. The van der Waals surface area contributed by atoms with Crippen molar-refractivity contribution in [3.05, 3.63) is 29.3 Å². The van der Waals surface area contributed by atoms with Crippen molar-refractivity contribution in [2.45, 2.75) is 57.4 Å². The molecule has 0 aromatic heterocycles. The van der Waals surface area contributed by atoms with Gasteiger partial charge in [0.05, 0.1) is 11.3 Å². The zero-order valence-corrected chi connectivity index (χ0v) is 13.9. The second-order valence-electron chi connectivity index (χ2n) is 6.35. The first kappa shape index (κ1) is 17.7. The number of benzene rings is 1. The van der Waals surface area contributed by atoms with E-state index in [1.54, 1.807) is 19.1 Å². The Morgan fingerprint density at radius 2 is 1.90 bits per heavy atom. The lowest BCUT2D eigenvalue weighted by Gasteiger charge is -2.21. The molecular formula is C15H23NO4S. The zero-order valence-electron chi connectivity index (χ0n) is 13.1. The lowest BCUT2D eigenvalue weighted by atomic mass is 9.87. The van der Waals surface area contributed by atoms with Gasteiger partial charge in [-0.1, -0.05) is 32.9 Å². The lowest BCUT2D eigenvalue weighted by molar-refractivity contribution is -0.137. The smallest absolute Gasteiger partial charge is 0.304 e. The molecule has 0 aliphatic carbocycles. The van der Waals surface area contributed by atoms with Crippen LogP contribution in [0.3, 0.4) is 0 Å². The maximum Gasteiger partial charge on any atom is 0.304 e. The molecule has 1 aromatic rings. The first-order chi connectivity index (χ1) is 9.43. The molecule has 0 aliphatic heterocycles. The monoisotopic (exact) mass is 313 g/mol. The molecule has 21 heavy (non-hydrogen) atoms. The molecule has 1 aromatic carbocycles. The van der Waals surface area contributed by atoms with Crippen LogP contribution in [0.2, 0.25) is 0 Å². The third kappa shape index (κ3) is 4.82. The van der Waals surface area contributed by atoms with Gasteiger partial charge in [-0.2, -0.15) is 0 Å². The Hall–Kier alpha value is -1.40. The summed E-state index contributed by atoms with van der Waals surface area (Å²) in [5.74, 6) is -1.04. The van der Waals surface area contributed by atoms with E-state index in [1.165, 1.54) is 6.92 Å². The SMILES string of the molecule is Cc1ccc(C(C)(C)C)cc1S(=O)(=O)NC(C)CC(=O)O. The molecule has 0 saturated carbocycles. The van der Waals surface area contributed by atoms with Gasteiger partial charge in [-0.3, -0.25) is 4.79 Å². The minimum Gasteiger partial charge on any atom is -0.481 e. The number of nitrogens with one attached hydrogen (secondary N) is 1. The molecule has 0 amide bonds. The molecule has 0 radical (unpaired) electrons. The molecule has 1 atom stereocenters. The van der Waals surface area contributed by atoms with Crippen molar-refractivity contribution in [2.24, 2.45) is 0 Å². The summed E-state index contributed by atoms with van der Waals surface area (Å²) in [4.78, 5) is 10.9. The first-order valence-corrected chi connectivity index (χ1v) is 8.27. The van der Waals surface area contributed by atoms with Crippen LogP contribution in [0.5, 0.6) is 0 Å². The Balaban J connectivity index is 3.16. The summed E-state index contributed by atoms with van der Waals surface area (Å²) in [5.41, 5.74) is 1.39. The molecule has 0 heterocycles. The molecule has 1 rings (SSSR count). The van der Waals surface area contributed by atoms with E-state index in [-0.39, 0.29) is 16.7 Å². The Morgan fingerprint density at radius 3 is 2.38 bits per heavy atom. The van der Waals surface area contributed by atoms with E-state index in [2.05, 4.69) is 4.72 Å². The van der Waals surface area contributed by atoms with E-state index in [4.69, 9.17) is 5.11 Å². The van der Waals surface area contributed by atoms with Gasteiger partial charge in [0, 0.05) is 6.04 Å². The van der Waals surface area contributed by atoms with Crippen molar-refractivity contribution in [1.82, 2.24) is 4.72 Å². The zero-order chi connectivity index (χ0) is 16.4. The van der Waals surface area contributed by atoms with Crippen molar-refractivity contribution in [2.75, 3.05) is 0 Å². The second kappa shape index (κ2) is 6.15. The maximum atomic E-state index is 12.4. The molecule has 0 spiro atoms. The molecule has 1 unspecified atom stereocenters. The number of carbonyl (C=O) groups is 1. The van der Waals surface area contributed by atoms with Gasteiger partial charge in [-0.25, -0.2) is 13.1 Å². The van der Waals surface area contributed by atoms with Crippen molar-refractivity contribution in [1.29, 1.82) is 0 Å². The van der Waals surface area contributed by atoms with Crippen molar-refractivity contribution in [3.8, 4) is 0 Å². The molecular weight excluding hydrogens is 290 g/mol. The number of carboxylic acids is 1. The van der Waals surface area contributed by atoms with Crippen LogP contribution >= 0.6 is 0 Å². The molecule has 118 valence electrons. The van der Waals surface area contributed by atoms with Crippen LogP contribution in [0, 0.1) is 6.92 Å². The summed E-state index contributed by atoms with van der Waals surface area (Å²) in [5, 5.41) is 8.72. The predicted molar refractivity (Wildman–Crippen MR) is 81.9 cm³/mol. The fourth-order valence-electron chi connectivity index (χ4n) is 1.99. The predicted octanol–water partition coefficient (Wildman–Crippen LogP) is 2.43. The average molecular weight is 313 g/mol. The minimum atomic E-state index is -3.73. The van der Waals surface area contributed by atoms with Gasteiger partial charge < -0.3 is 5.11 Å². The number of aryl methyl sites for hydroxylation is 1. The molecule has 0 saturated heterocycles. The van der Waals surface area contributed by atoms with Gasteiger partial charge in [0.15, 0.2) is 0 Å². The molecule has 0 bridgehead atoms.